The third-order valence-electron chi connectivity index (χ3n) is 5.43. The summed E-state index contributed by atoms with van der Waals surface area (Å²) in [7, 11) is 0. The third kappa shape index (κ3) is 2.41. The van der Waals surface area contributed by atoms with Crippen LogP contribution in [0.5, 0.6) is 0 Å². The zero-order valence-corrected chi connectivity index (χ0v) is 13.4. The first-order valence-electron chi connectivity index (χ1n) is 8.47. The van der Waals surface area contributed by atoms with Crippen molar-refractivity contribution in [1.29, 1.82) is 0 Å². The first-order valence-corrected chi connectivity index (χ1v) is 8.47. The maximum Gasteiger partial charge on any atom is 0.255 e. The van der Waals surface area contributed by atoms with Crippen molar-refractivity contribution in [2.24, 2.45) is 5.92 Å². The highest BCUT2D eigenvalue weighted by Gasteiger charge is 2.39. The van der Waals surface area contributed by atoms with Gasteiger partial charge in [0.05, 0.1) is 0 Å². The zero-order valence-electron chi connectivity index (χ0n) is 13.4. The summed E-state index contributed by atoms with van der Waals surface area (Å²) in [4.78, 5) is 37.7. The summed E-state index contributed by atoms with van der Waals surface area (Å²) in [6, 6.07) is 3.47. The highest BCUT2D eigenvalue weighted by Crippen LogP contribution is 2.33. The minimum atomic E-state index is -0.565. The van der Waals surface area contributed by atoms with Gasteiger partial charge in [-0.25, -0.2) is 0 Å². The van der Waals surface area contributed by atoms with Crippen LogP contribution in [-0.2, 0) is 29.0 Å². The van der Waals surface area contributed by atoms with E-state index in [1.54, 1.807) is 4.90 Å². The second-order valence-corrected chi connectivity index (χ2v) is 6.97. The number of hydrogen-bond acceptors (Lipinski definition) is 4. The monoisotopic (exact) mass is 328 g/mol. The van der Waals surface area contributed by atoms with Crippen LogP contribution in [0.15, 0.2) is 12.1 Å². The average molecular weight is 328 g/mol. The second-order valence-electron chi connectivity index (χ2n) is 6.97. The molecule has 1 aromatic rings. The molecule has 2 heterocycles. The number of benzene rings is 1. The van der Waals surface area contributed by atoms with Gasteiger partial charge < -0.3 is 10.0 Å². The van der Waals surface area contributed by atoms with Crippen LogP contribution in [0.2, 0.25) is 0 Å². The minimum Gasteiger partial charge on any atom is -0.396 e. The molecule has 3 amide bonds. The van der Waals surface area contributed by atoms with Gasteiger partial charge in [-0.2, -0.15) is 0 Å². The molecule has 1 aromatic carbocycles. The number of nitrogens with one attached hydrogen (secondary N) is 1. The lowest BCUT2D eigenvalue weighted by molar-refractivity contribution is -0.136. The lowest BCUT2D eigenvalue weighted by atomic mass is 9.82. The van der Waals surface area contributed by atoms with Gasteiger partial charge in [0.25, 0.3) is 5.91 Å². The first kappa shape index (κ1) is 15.3. The number of piperidine rings is 1. The molecule has 6 heteroatoms. The van der Waals surface area contributed by atoms with Crippen molar-refractivity contribution in [2.75, 3.05) is 6.61 Å². The van der Waals surface area contributed by atoms with E-state index >= 15 is 0 Å². The smallest absolute Gasteiger partial charge is 0.255 e. The van der Waals surface area contributed by atoms with E-state index in [0.29, 0.717) is 18.5 Å². The quantitative estimate of drug-likeness (QED) is 0.776. The molecule has 0 radical (unpaired) electrons. The molecule has 2 N–H and O–H groups in total. The van der Waals surface area contributed by atoms with Crippen molar-refractivity contribution in [3.05, 3.63) is 34.4 Å². The van der Waals surface area contributed by atoms with E-state index in [9.17, 15) is 19.5 Å². The van der Waals surface area contributed by atoms with E-state index in [0.717, 1.165) is 30.4 Å². The summed E-state index contributed by atoms with van der Waals surface area (Å²) in [6.07, 6.45) is 3.33. The van der Waals surface area contributed by atoms with Crippen LogP contribution in [0.3, 0.4) is 0 Å². The van der Waals surface area contributed by atoms with Crippen molar-refractivity contribution in [3.63, 3.8) is 0 Å². The lowest BCUT2D eigenvalue weighted by Crippen LogP contribution is -2.52. The number of carbonyl (C=O) groups excluding carboxylic acids is 3. The van der Waals surface area contributed by atoms with Crippen molar-refractivity contribution in [2.45, 2.75) is 44.7 Å². The van der Waals surface area contributed by atoms with E-state index in [1.165, 1.54) is 5.56 Å². The number of aliphatic hydroxyl groups is 1. The van der Waals surface area contributed by atoms with Crippen molar-refractivity contribution < 1.29 is 19.5 Å². The molecule has 3 aliphatic rings. The van der Waals surface area contributed by atoms with Gasteiger partial charge in [0.15, 0.2) is 0 Å². The number of nitrogens with zero attached hydrogens (tertiary/aromatic N) is 1. The van der Waals surface area contributed by atoms with Gasteiger partial charge in [0.2, 0.25) is 11.8 Å². The van der Waals surface area contributed by atoms with Gasteiger partial charge in [0.1, 0.15) is 6.04 Å². The fourth-order valence-corrected chi connectivity index (χ4v) is 4.06. The van der Waals surface area contributed by atoms with Crippen molar-refractivity contribution >= 4 is 17.7 Å². The number of aliphatic hydroxyl groups excluding tert-OH is 1. The molecule has 1 saturated heterocycles. The summed E-state index contributed by atoms with van der Waals surface area (Å²) < 4.78 is 0. The van der Waals surface area contributed by atoms with Crippen LogP contribution in [0.1, 0.15) is 46.3 Å². The number of rotatable bonds is 2. The van der Waals surface area contributed by atoms with Gasteiger partial charge in [-0.3, -0.25) is 19.7 Å². The van der Waals surface area contributed by atoms with Gasteiger partial charge in [-0.1, -0.05) is 6.07 Å². The molecule has 6 nitrogen and oxygen atoms in total. The van der Waals surface area contributed by atoms with E-state index < -0.39 is 6.04 Å². The lowest BCUT2D eigenvalue weighted by Gasteiger charge is -2.29. The number of fused-ring (bicyclic) bond motifs is 2. The summed E-state index contributed by atoms with van der Waals surface area (Å²) in [5.41, 5.74) is 4.01. The Kier molecular flexibility index (Phi) is 3.64. The van der Waals surface area contributed by atoms with Gasteiger partial charge >= 0.3 is 0 Å². The number of imide groups is 1. The fourth-order valence-electron chi connectivity index (χ4n) is 4.06. The highest BCUT2D eigenvalue weighted by molar-refractivity contribution is 6.05. The fraction of sp³-hybridized carbons (Fsp3) is 0.500. The molecule has 0 bridgehead atoms. The Labute approximate surface area is 139 Å². The summed E-state index contributed by atoms with van der Waals surface area (Å²) in [6.45, 7) is 0.601. The number of amides is 3. The van der Waals surface area contributed by atoms with Crippen molar-refractivity contribution in [1.82, 2.24) is 10.2 Å². The molecular formula is C18H20N2O4. The number of aryl methyl sites for hydroxylation is 1. The molecule has 0 saturated carbocycles. The summed E-state index contributed by atoms with van der Waals surface area (Å²) in [5, 5.41) is 11.7. The van der Waals surface area contributed by atoms with E-state index in [2.05, 4.69) is 11.4 Å². The van der Waals surface area contributed by atoms with E-state index in [-0.39, 0.29) is 36.7 Å². The van der Waals surface area contributed by atoms with Gasteiger partial charge in [-0.05, 0) is 54.4 Å². The maximum absolute atomic E-state index is 12.8. The van der Waals surface area contributed by atoms with Crippen LogP contribution >= 0.6 is 0 Å². The third-order valence-corrected chi connectivity index (χ3v) is 5.43. The van der Waals surface area contributed by atoms with E-state index in [1.807, 2.05) is 6.07 Å². The Morgan fingerprint density at radius 3 is 2.67 bits per heavy atom. The second kappa shape index (κ2) is 5.70. The topological polar surface area (TPSA) is 86.7 Å². The molecule has 0 aromatic heterocycles. The average Bonchev–Trinajstić information content (AvgIpc) is 2.88. The maximum atomic E-state index is 12.8. The summed E-state index contributed by atoms with van der Waals surface area (Å²) >= 11 is 0. The molecule has 1 fully saturated rings. The van der Waals surface area contributed by atoms with Crippen LogP contribution in [0, 0.1) is 5.92 Å². The Balaban J connectivity index is 1.61. The molecule has 1 unspecified atom stereocenters. The molecule has 126 valence electrons. The van der Waals surface area contributed by atoms with Crippen LogP contribution in [0.25, 0.3) is 0 Å². The van der Waals surface area contributed by atoms with Crippen LogP contribution in [0.4, 0.5) is 0 Å². The molecule has 24 heavy (non-hydrogen) atoms. The standard InChI is InChI=1S/C18H20N2O4/c21-9-10-1-2-11-6-13-8-20(15-3-4-16(22)19-17(15)23)18(24)14(13)7-12(11)5-10/h6-7,10,15,21H,1-5,8-9H2,(H,19,22,23)/t10?,15-/m0/s1. The molecule has 4 rings (SSSR count). The Hall–Kier alpha value is -2.21. The largest absolute Gasteiger partial charge is 0.396 e. The van der Waals surface area contributed by atoms with Crippen LogP contribution < -0.4 is 5.32 Å². The molecule has 0 spiro atoms. The Morgan fingerprint density at radius 1 is 1.08 bits per heavy atom. The van der Waals surface area contributed by atoms with E-state index in [4.69, 9.17) is 0 Å². The molecule has 2 atom stereocenters. The number of hydrogen-bond donors (Lipinski definition) is 2. The summed E-state index contributed by atoms with van der Waals surface area (Å²) in [5.74, 6) is -0.518. The SMILES string of the molecule is O=C1CC[C@H](N2Cc3cc4c(cc3C2=O)CC(CO)CC4)C(=O)N1. The molecular weight excluding hydrogens is 308 g/mol. The Morgan fingerprint density at radius 2 is 1.92 bits per heavy atom. The van der Waals surface area contributed by atoms with Crippen LogP contribution in [-0.4, -0.2) is 40.4 Å². The normalized spacial score (nSPS) is 26.2. The van der Waals surface area contributed by atoms with Crippen molar-refractivity contribution in [3.8, 4) is 0 Å². The molecule has 1 aliphatic carbocycles. The number of carbonyl (C=O) groups is 3. The van der Waals surface area contributed by atoms with Gasteiger partial charge in [0, 0.05) is 25.1 Å². The first-order chi connectivity index (χ1) is 11.6. The molecule has 2 aliphatic heterocycles. The Bertz CT molecular complexity index is 743. The van der Waals surface area contributed by atoms with Gasteiger partial charge in [-0.15, -0.1) is 0 Å². The zero-order chi connectivity index (χ0) is 16.8. The predicted octanol–water partition coefficient (Wildman–Crippen LogP) is 0.545. The minimum absolute atomic E-state index is 0.131. The highest BCUT2D eigenvalue weighted by atomic mass is 16.3. The predicted molar refractivity (Wildman–Crippen MR) is 85.1 cm³/mol.